The Morgan fingerprint density at radius 3 is 2.31 bits per heavy atom. The predicted molar refractivity (Wildman–Crippen MR) is 109 cm³/mol. The smallest absolute Gasteiger partial charge is 0.335 e. The minimum absolute atomic E-state index is 0.0454. The highest BCUT2D eigenvalue weighted by atomic mass is 16.5. The van der Waals surface area contributed by atoms with Crippen LogP contribution in [-0.2, 0) is 0 Å². The van der Waals surface area contributed by atoms with Crippen LogP contribution in [0.25, 0.3) is 0 Å². The third-order valence-corrected chi connectivity index (χ3v) is 5.36. The molecule has 7 nitrogen and oxygen atoms in total. The minimum atomic E-state index is -1.01. The van der Waals surface area contributed by atoms with Crippen LogP contribution in [0, 0.1) is 0 Å². The van der Waals surface area contributed by atoms with Crippen molar-refractivity contribution >= 4 is 11.9 Å². The van der Waals surface area contributed by atoms with Crippen molar-refractivity contribution in [2.24, 2.45) is 0 Å². The Morgan fingerprint density at radius 1 is 1.03 bits per heavy atom. The van der Waals surface area contributed by atoms with E-state index in [1.54, 1.807) is 26.4 Å². The molecule has 0 aromatic heterocycles. The van der Waals surface area contributed by atoms with E-state index in [0.717, 1.165) is 25.1 Å². The van der Waals surface area contributed by atoms with E-state index >= 15 is 0 Å². The van der Waals surface area contributed by atoms with Gasteiger partial charge in [-0.05, 0) is 62.0 Å². The number of aromatic carboxylic acids is 1. The fourth-order valence-electron chi connectivity index (χ4n) is 3.72. The minimum Gasteiger partial charge on any atom is -0.493 e. The van der Waals surface area contributed by atoms with Crippen LogP contribution in [0.1, 0.15) is 38.6 Å². The lowest BCUT2D eigenvalue weighted by molar-refractivity contribution is 0.0696. The molecule has 0 radical (unpaired) electrons. The van der Waals surface area contributed by atoms with Gasteiger partial charge in [0.25, 0.3) is 5.91 Å². The fraction of sp³-hybridized carbons (Fsp3) is 0.364. The summed E-state index contributed by atoms with van der Waals surface area (Å²) in [5, 5.41) is 12.2. The van der Waals surface area contributed by atoms with Crippen molar-refractivity contribution in [2.75, 3.05) is 34.4 Å². The van der Waals surface area contributed by atoms with Crippen LogP contribution in [0.2, 0.25) is 0 Å². The van der Waals surface area contributed by atoms with Gasteiger partial charge in [0.2, 0.25) is 0 Å². The van der Waals surface area contributed by atoms with Gasteiger partial charge >= 0.3 is 5.97 Å². The summed E-state index contributed by atoms with van der Waals surface area (Å²) < 4.78 is 10.8. The summed E-state index contributed by atoms with van der Waals surface area (Å²) in [6, 6.07) is 11.8. The molecule has 1 amide bonds. The average molecular weight is 398 g/mol. The summed E-state index contributed by atoms with van der Waals surface area (Å²) in [7, 11) is 5.27. The fourth-order valence-corrected chi connectivity index (χ4v) is 3.72. The Hall–Kier alpha value is -3.06. The van der Waals surface area contributed by atoms with Gasteiger partial charge in [0.15, 0.2) is 11.5 Å². The molecule has 3 rings (SSSR count). The van der Waals surface area contributed by atoms with Crippen molar-refractivity contribution in [2.45, 2.75) is 18.4 Å². The molecule has 0 saturated carbocycles. The normalized spacial score (nSPS) is 19.4. The molecule has 1 aliphatic heterocycles. The van der Waals surface area contributed by atoms with Crippen LogP contribution in [0.4, 0.5) is 0 Å². The quantitative estimate of drug-likeness (QED) is 0.778. The Kier molecular flexibility index (Phi) is 6.39. The van der Waals surface area contributed by atoms with Crippen molar-refractivity contribution in [3.8, 4) is 11.5 Å². The van der Waals surface area contributed by atoms with E-state index in [0.29, 0.717) is 17.1 Å². The third kappa shape index (κ3) is 4.68. The second kappa shape index (κ2) is 8.96. The first kappa shape index (κ1) is 20.7. The molecular formula is C22H26N2O5. The molecule has 29 heavy (non-hydrogen) atoms. The third-order valence-electron chi connectivity index (χ3n) is 5.36. The molecule has 2 aromatic carbocycles. The highest BCUT2D eigenvalue weighted by Crippen LogP contribution is 2.34. The summed E-state index contributed by atoms with van der Waals surface area (Å²) >= 11 is 0. The highest BCUT2D eigenvalue weighted by Gasteiger charge is 2.31. The zero-order chi connectivity index (χ0) is 21.0. The molecule has 1 saturated heterocycles. The Balaban J connectivity index is 1.81. The van der Waals surface area contributed by atoms with Crippen LogP contribution < -0.4 is 14.8 Å². The van der Waals surface area contributed by atoms with Gasteiger partial charge in [-0.3, -0.25) is 4.79 Å². The average Bonchev–Trinajstić information content (AvgIpc) is 2.74. The topological polar surface area (TPSA) is 88.1 Å². The van der Waals surface area contributed by atoms with E-state index in [1.807, 2.05) is 18.2 Å². The number of likely N-dealkylation sites (N-methyl/N-ethyl adjacent to an activating group) is 1. The second-order valence-electron chi connectivity index (χ2n) is 7.23. The number of hydrogen-bond acceptors (Lipinski definition) is 5. The van der Waals surface area contributed by atoms with Gasteiger partial charge in [-0.1, -0.05) is 6.07 Å². The van der Waals surface area contributed by atoms with Crippen molar-refractivity contribution in [3.63, 3.8) is 0 Å². The van der Waals surface area contributed by atoms with Crippen LogP contribution >= 0.6 is 0 Å². The zero-order valence-electron chi connectivity index (χ0n) is 16.8. The molecule has 1 heterocycles. The first-order chi connectivity index (χ1) is 13.9. The predicted octanol–water partition coefficient (Wildman–Crippen LogP) is 2.62. The van der Waals surface area contributed by atoms with Crippen LogP contribution in [0.15, 0.2) is 42.5 Å². The molecule has 0 aliphatic carbocycles. The Morgan fingerprint density at radius 2 is 1.69 bits per heavy atom. The molecule has 0 spiro atoms. The molecule has 154 valence electrons. The van der Waals surface area contributed by atoms with Crippen LogP contribution in [0.3, 0.4) is 0 Å². The summed E-state index contributed by atoms with van der Waals surface area (Å²) in [6.07, 6.45) is 0.814. The summed E-state index contributed by atoms with van der Waals surface area (Å²) in [5.74, 6) is 0.200. The standard InChI is InChI=1S/C22H26N2O5/c1-24-11-10-18(23-21(25)14-4-6-15(7-5-14)22(26)27)17(13-24)16-8-9-19(28-2)20(12-16)29-3/h4-9,12,17-18H,10-11,13H2,1-3H3,(H,23,25)(H,26,27). The number of hydrogen-bond donors (Lipinski definition) is 2. The maximum Gasteiger partial charge on any atom is 0.335 e. The number of benzene rings is 2. The second-order valence-corrected chi connectivity index (χ2v) is 7.23. The maximum absolute atomic E-state index is 12.8. The Bertz CT molecular complexity index is 881. The van der Waals surface area contributed by atoms with E-state index in [-0.39, 0.29) is 23.4 Å². The Labute approximate surface area is 170 Å². The number of likely N-dealkylation sites (tertiary alicyclic amines) is 1. The number of piperidine rings is 1. The first-order valence-electron chi connectivity index (χ1n) is 9.47. The molecule has 1 fully saturated rings. The maximum atomic E-state index is 12.8. The van der Waals surface area contributed by atoms with Gasteiger partial charge < -0.3 is 24.8 Å². The number of carboxylic acids is 1. The van der Waals surface area contributed by atoms with E-state index in [2.05, 4.69) is 17.3 Å². The number of ether oxygens (including phenoxy) is 2. The van der Waals surface area contributed by atoms with Crippen LogP contribution in [-0.4, -0.2) is 62.3 Å². The highest BCUT2D eigenvalue weighted by molar-refractivity contribution is 5.96. The SMILES string of the molecule is COc1ccc(C2CN(C)CCC2NC(=O)c2ccc(C(=O)O)cc2)cc1OC. The van der Waals surface area contributed by atoms with Gasteiger partial charge in [-0.15, -0.1) is 0 Å². The monoisotopic (exact) mass is 398 g/mol. The van der Waals surface area contributed by atoms with Gasteiger partial charge in [0.1, 0.15) is 0 Å². The first-order valence-corrected chi connectivity index (χ1v) is 9.47. The molecule has 1 aliphatic rings. The molecular weight excluding hydrogens is 372 g/mol. The summed E-state index contributed by atoms with van der Waals surface area (Å²) in [4.78, 5) is 26.0. The summed E-state index contributed by atoms with van der Waals surface area (Å²) in [5.41, 5.74) is 1.67. The molecule has 2 unspecified atom stereocenters. The number of nitrogens with zero attached hydrogens (tertiary/aromatic N) is 1. The van der Waals surface area contributed by atoms with Gasteiger partial charge in [0, 0.05) is 24.1 Å². The summed E-state index contributed by atoms with van der Waals surface area (Å²) in [6.45, 7) is 1.69. The molecule has 2 atom stereocenters. The van der Waals surface area contributed by atoms with E-state index in [4.69, 9.17) is 14.6 Å². The van der Waals surface area contributed by atoms with Crippen molar-refractivity contribution in [1.82, 2.24) is 10.2 Å². The number of carbonyl (C=O) groups excluding carboxylic acids is 1. The number of rotatable bonds is 6. The van der Waals surface area contributed by atoms with E-state index in [1.165, 1.54) is 12.1 Å². The number of carbonyl (C=O) groups is 2. The zero-order valence-corrected chi connectivity index (χ0v) is 16.8. The number of amides is 1. The van der Waals surface area contributed by atoms with Gasteiger partial charge in [0.05, 0.1) is 19.8 Å². The molecule has 0 bridgehead atoms. The van der Waals surface area contributed by atoms with Crippen molar-refractivity contribution < 1.29 is 24.2 Å². The van der Waals surface area contributed by atoms with Gasteiger partial charge in [-0.25, -0.2) is 4.79 Å². The van der Waals surface area contributed by atoms with E-state index in [9.17, 15) is 9.59 Å². The van der Waals surface area contributed by atoms with Crippen LogP contribution in [0.5, 0.6) is 11.5 Å². The number of nitrogens with one attached hydrogen (secondary N) is 1. The van der Waals surface area contributed by atoms with Crippen molar-refractivity contribution in [1.29, 1.82) is 0 Å². The molecule has 2 aromatic rings. The number of carboxylic acid groups (broad SMARTS) is 1. The largest absolute Gasteiger partial charge is 0.493 e. The van der Waals surface area contributed by atoms with Crippen molar-refractivity contribution in [3.05, 3.63) is 59.2 Å². The lowest BCUT2D eigenvalue weighted by Crippen LogP contribution is -2.48. The molecule has 2 N–H and O–H groups in total. The lowest BCUT2D eigenvalue weighted by atomic mass is 9.85. The van der Waals surface area contributed by atoms with Gasteiger partial charge in [-0.2, -0.15) is 0 Å². The molecule has 7 heteroatoms. The van der Waals surface area contributed by atoms with E-state index < -0.39 is 5.97 Å². The lowest BCUT2D eigenvalue weighted by Gasteiger charge is -2.37. The number of methoxy groups -OCH3 is 2.